The normalized spacial score (nSPS) is 15.2. The minimum Gasteiger partial charge on any atom is -0.503 e. The van der Waals surface area contributed by atoms with E-state index in [1.54, 1.807) is 24.3 Å². The van der Waals surface area contributed by atoms with Crippen LogP contribution in [0.1, 0.15) is 114 Å². The lowest BCUT2D eigenvalue weighted by atomic mass is 9.94. The van der Waals surface area contributed by atoms with Crippen LogP contribution in [0.2, 0.25) is 0 Å². The van der Waals surface area contributed by atoms with Gasteiger partial charge in [-0.3, -0.25) is 19.7 Å². The maximum Gasteiger partial charge on any atom is 0.290 e. The molecule has 2 aromatic carbocycles. The van der Waals surface area contributed by atoms with E-state index in [9.17, 15) is 24.8 Å². The number of aliphatic hydroxyl groups excluding tert-OH is 1. The van der Waals surface area contributed by atoms with Gasteiger partial charge in [0, 0.05) is 12.6 Å². The summed E-state index contributed by atoms with van der Waals surface area (Å²) >= 11 is 0. The largest absolute Gasteiger partial charge is 0.503 e. The molecule has 1 N–H and O–H groups in total. The number of allylic oxidation sites excluding steroid dienone is 1. The van der Waals surface area contributed by atoms with Crippen molar-refractivity contribution in [3.63, 3.8) is 0 Å². The van der Waals surface area contributed by atoms with Crippen LogP contribution in [0.3, 0.4) is 0 Å². The van der Waals surface area contributed by atoms with Crippen LogP contribution in [0.25, 0.3) is 6.08 Å². The smallest absolute Gasteiger partial charge is 0.290 e. The summed E-state index contributed by atoms with van der Waals surface area (Å²) in [5, 5.41) is 22.7. The molecule has 3 rings (SSSR count). The molecule has 0 saturated heterocycles. The van der Waals surface area contributed by atoms with Gasteiger partial charge in [0.05, 0.1) is 22.1 Å². The SMILES string of the molecule is CCCCCCCCCCCCCCCCN1C(=O)C(O)=C(C(=O)/C=C/c2ccccc2)C1c1ccccc1[N+](=O)[O-]. The van der Waals surface area contributed by atoms with Crippen molar-refractivity contribution in [2.75, 3.05) is 6.54 Å². The van der Waals surface area contributed by atoms with Gasteiger partial charge in [-0.05, 0) is 24.1 Å². The lowest BCUT2D eigenvalue weighted by molar-refractivity contribution is -0.385. The number of amides is 1. The number of hydrogen-bond donors (Lipinski definition) is 1. The van der Waals surface area contributed by atoms with E-state index in [4.69, 9.17) is 0 Å². The van der Waals surface area contributed by atoms with Gasteiger partial charge in [-0.1, -0.05) is 139 Å². The number of para-hydroxylation sites is 1. The highest BCUT2D eigenvalue weighted by atomic mass is 16.6. The Morgan fingerprint density at radius 2 is 1.36 bits per heavy atom. The molecule has 0 radical (unpaired) electrons. The molecule has 7 nitrogen and oxygen atoms in total. The minimum atomic E-state index is -1.02. The van der Waals surface area contributed by atoms with E-state index >= 15 is 0 Å². The van der Waals surface area contributed by atoms with E-state index in [1.165, 1.54) is 81.3 Å². The summed E-state index contributed by atoms with van der Waals surface area (Å²) in [5.74, 6) is -1.84. The van der Waals surface area contributed by atoms with Crippen molar-refractivity contribution in [3.8, 4) is 0 Å². The van der Waals surface area contributed by atoms with Crippen LogP contribution in [0.4, 0.5) is 5.69 Å². The zero-order chi connectivity index (χ0) is 30.2. The molecule has 2 aromatic rings. The van der Waals surface area contributed by atoms with Crippen molar-refractivity contribution < 1.29 is 19.6 Å². The third-order valence-electron chi connectivity index (χ3n) is 7.98. The monoisotopic (exact) mass is 574 g/mol. The number of aliphatic hydroxyl groups is 1. The van der Waals surface area contributed by atoms with Crippen molar-refractivity contribution in [2.24, 2.45) is 0 Å². The molecule has 0 spiro atoms. The first-order valence-corrected chi connectivity index (χ1v) is 15.7. The van der Waals surface area contributed by atoms with Gasteiger partial charge in [-0.25, -0.2) is 0 Å². The maximum atomic E-state index is 13.3. The fourth-order valence-electron chi connectivity index (χ4n) is 5.65. The molecule has 1 heterocycles. The molecular formula is C35H46N2O5. The number of unbranched alkanes of at least 4 members (excludes halogenated alkanes) is 13. The van der Waals surface area contributed by atoms with Crippen LogP contribution in [-0.4, -0.2) is 33.2 Å². The topological polar surface area (TPSA) is 101 Å². The van der Waals surface area contributed by atoms with E-state index in [1.807, 2.05) is 30.3 Å². The van der Waals surface area contributed by atoms with Gasteiger partial charge in [0.15, 0.2) is 11.5 Å². The van der Waals surface area contributed by atoms with E-state index in [-0.39, 0.29) is 16.8 Å². The summed E-state index contributed by atoms with van der Waals surface area (Å²) in [4.78, 5) is 39.3. The summed E-state index contributed by atoms with van der Waals surface area (Å²) in [5.41, 5.74) is 0.707. The minimum absolute atomic E-state index is 0.119. The van der Waals surface area contributed by atoms with Crippen molar-refractivity contribution >= 4 is 23.5 Å². The zero-order valence-corrected chi connectivity index (χ0v) is 25.0. The van der Waals surface area contributed by atoms with Gasteiger partial charge < -0.3 is 10.0 Å². The first kappa shape index (κ1) is 32.8. The molecule has 1 aliphatic rings. The number of hydrogen-bond acceptors (Lipinski definition) is 5. The number of nitro benzene ring substituents is 1. The van der Waals surface area contributed by atoms with Crippen molar-refractivity contribution in [2.45, 2.75) is 103 Å². The molecule has 1 atom stereocenters. The van der Waals surface area contributed by atoms with Gasteiger partial charge in [0.1, 0.15) is 0 Å². The standard InChI is InChI=1S/C35H46N2O5/c1-2-3-4-5-6-7-8-9-10-11-12-13-14-20-27-36-33(29-23-18-19-24-30(29)37(41)42)32(34(39)35(36)40)31(38)26-25-28-21-16-15-17-22-28/h15-19,21-26,33,39H,2-14,20,27H2,1H3/b26-25+. The molecule has 0 aliphatic carbocycles. The van der Waals surface area contributed by atoms with Gasteiger partial charge in [-0.15, -0.1) is 0 Å². The molecule has 0 bridgehead atoms. The third kappa shape index (κ3) is 9.68. The molecule has 1 amide bonds. The maximum absolute atomic E-state index is 13.3. The number of carbonyl (C=O) groups is 2. The fraction of sp³-hybridized carbons (Fsp3) is 0.486. The molecule has 226 valence electrons. The van der Waals surface area contributed by atoms with Crippen LogP contribution in [0, 0.1) is 10.1 Å². The predicted octanol–water partition coefficient (Wildman–Crippen LogP) is 9.05. The van der Waals surface area contributed by atoms with Crippen molar-refractivity contribution in [1.29, 1.82) is 0 Å². The van der Waals surface area contributed by atoms with Crippen LogP contribution in [-0.2, 0) is 9.59 Å². The van der Waals surface area contributed by atoms with Crippen molar-refractivity contribution in [1.82, 2.24) is 4.90 Å². The predicted molar refractivity (Wildman–Crippen MR) is 168 cm³/mol. The number of benzene rings is 2. The summed E-state index contributed by atoms with van der Waals surface area (Å²) in [7, 11) is 0. The number of nitrogens with zero attached hydrogens (tertiary/aromatic N) is 2. The lowest BCUT2D eigenvalue weighted by Crippen LogP contribution is -2.32. The highest BCUT2D eigenvalue weighted by molar-refractivity contribution is 6.14. The zero-order valence-electron chi connectivity index (χ0n) is 25.0. The van der Waals surface area contributed by atoms with Crippen LogP contribution in [0.15, 0.2) is 72.0 Å². The number of nitro groups is 1. The van der Waals surface area contributed by atoms with Crippen LogP contribution in [0.5, 0.6) is 0 Å². The average molecular weight is 575 g/mol. The summed E-state index contributed by atoms with van der Waals surface area (Å²) in [6, 6.07) is 14.3. The Labute approximate surface area is 250 Å². The highest BCUT2D eigenvalue weighted by Crippen LogP contribution is 2.41. The Balaban J connectivity index is 1.57. The first-order chi connectivity index (χ1) is 20.5. The van der Waals surface area contributed by atoms with Crippen molar-refractivity contribution in [3.05, 3.63) is 93.2 Å². The third-order valence-corrected chi connectivity index (χ3v) is 7.98. The summed E-state index contributed by atoms with van der Waals surface area (Å²) in [6.45, 7) is 2.55. The molecule has 1 aliphatic heterocycles. The Bertz CT molecular complexity index is 1220. The molecular weight excluding hydrogens is 528 g/mol. The second-order valence-electron chi connectivity index (χ2n) is 11.2. The second-order valence-corrected chi connectivity index (χ2v) is 11.2. The number of rotatable bonds is 20. The molecule has 1 unspecified atom stereocenters. The van der Waals surface area contributed by atoms with E-state index < -0.39 is 28.4 Å². The molecule has 42 heavy (non-hydrogen) atoms. The van der Waals surface area contributed by atoms with E-state index in [0.29, 0.717) is 13.0 Å². The summed E-state index contributed by atoms with van der Waals surface area (Å²) in [6.07, 6.45) is 19.8. The average Bonchev–Trinajstić information content (AvgIpc) is 3.25. The summed E-state index contributed by atoms with van der Waals surface area (Å²) < 4.78 is 0. The molecule has 0 aromatic heterocycles. The van der Waals surface area contributed by atoms with E-state index in [0.717, 1.165) is 24.8 Å². The Kier molecular flexibility index (Phi) is 14.0. The Morgan fingerprint density at radius 1 is 0.833 bits per heavy atom. The quantitative estimate of drug-likeness (QED) is 0.0736. The van der Waals surface area contributed by atoms with Gasteiger partial charge in [0.25, 0.3) is 11.6 Å². The van der Waals surface area contributed by atoms with E-state index in [2.05, 4.69) is 6.92 Å². The number of ketones is 1. The fourth-order valence-corrected chi connectivity index (χ4v) is 5.65. The van der Waals surface area contributed by atoms with Crippen LogP contribution >= 0.6 is 0 Å². The first-order valence-electron chi connectivity index (χ1n) is 15.7. The van der Waals surface area contributed by atoms with Gasteiger partial charge in [-0.2, -0.15) is 0 Å². The van der Waals surface area contributed by atoms with Crippen LogP contribution < -0.4 is 0 Å². The molecule has 7 heteroatoms. The Hall–Kier alpha value is -3.74. The molecule has 0 fully saturated rings. The molecule has 0 saturated carbocycles. The Morgan fingerprint density at radius 3 is 1.93 bits per heavy atom. The highest BCUT2D eigenvalue weighted by Gasteiger charge is 2.44. The number of carbonyl (C=O) groups excluding carboxylic acids is 2. The lowest BCUT2D eigenvalue weighted by Gasteiger charge is -2.26. The van der Waals surface area contributed by atoms with Gasteiger partial charge in [0.2, 0.25) is 0 Å². The second kappa shape index (κ2) is 17.9. The van der Waals surface area contributed by atoms with Gasteiger partial charge >= 0.3 is 0 Å².